The summed E-state index contributed by atoms with van der Waals surface area (Å²) in [6.07, 6.45) is 4.03. The van der Waals surface area contributed by atoms with Gasteiger partial charge in [-0.05, 0) is 60.9 Å². The van der Waals surface area contributed by atoms with Crippen molar-refractivity contribution >= 4 is 40.0 Å². The van der Waals surface area contributed by atoms with Crippen LogP contribution in [0.2, 0.25) is 0 Å². The fraction of sp³-hybridized carbons (Fsp3) is 0.675. The summed E-state index contributed by atoms with van der Waals surface area (Å²) in [5.74, 6) is 0.882. The van der Waals surface area contributed by atoms with Crippen molar-refractivity contribution in [3.63, 3.8) is 0 Å². The van der Waals surface area contributed by atoms with Gasteiger partial charge in [-0.25, -0.2) is 0 Å². The molecule has 0 saturated carbocycles. The average Bonchev–Trinajstić information content (AvgIpc) is 3.95. The van der Waals surface area contributed by atoms with Gasteiger partial charge in [-0.15, -0.1) is 0 Å². The highest BCUT2D eigenvalue weighted by Crippen LogP contribution is 2.39. The molecule has 3 fully saturated rings. The third kappa shape index (κ3) is 17.4. The predicted octanol–water partition coefficient (Wildman–Crippen LogP) is 6.20. The Bertz CT molecular complexity index is 1410. The first kappa shape index (κ1) is 53.3. The van der Waals surface area contributed by atoms with E-state index in [-0.39, 0.29) is 78.6 Å². The van der Waals surface area contributed by atoms with Crippen LogP contribution in [0.1, 0.15) is 65.8 Å². The second-order valence-corrected chi connectivity index (χ2v) is 15.7. The number of ketones is 2. The van der Waals surface area contributed by atoms with E-state index in [1.165, 1.54) is 18.6 Å². The van der Waals surface area contributed by atoms with Crippen LogP contribution in [-0.2, 0) is 46.8 Å². The van der Waals surface area contributed by atoms with Crippen molar-refractivity contribution in [2.75, 3.05) is 42.4 Å². The van der Waals surface area contributed by atoms with Gasteiger partial charge in [0.25, 0.3) is 0 Å². The van der Waals surface area contributed by atoms with Gasteiger partial charge in [0, 0.05) is 86.9 Å². The minimum atomic E-state index is -0.487. The molecule has 0 amide bonds. The molecule has 0 spiro atoms. The summed E-state index contributed by atoms with van der Waals surface area (Å²) in [4.78, 5) is 26.6. The van der Waals surface area contributed by atoms with Crippen LogP contribution < -0.4 is 0 Å². The van der Waals surface area contributed by atoms with E-state index in [2.05, 4.69) is 71.5 Å². The maximum atomic E-state index is 11.9. The van der Waals surface area contributed by atoms with E-state index in [0.29, 0.717) is 5.92 Å². The van der Waals surface area contributed by atoms with Crippen LogP contribution in [0.5, 0.6) is 0 Å². The standard InChI is InChI=1S/C11H20NO3P.C9H15N2O2P.C8H15O3P.C7H8.C5H13NO2/c1-7-8(2)14-11(10(7)15-16)9(13)5-6-12(3)4;1-5-6(2)12-9(8(5)13-14)7-3-4-10-11-7;1-4-6(3)10-8(5(2)9)7(4)11-12;1-7-5-3-2-4-6-7;1-6(2)5(7-3)8-4/h5-8,10-11H,16H2,1-4H3;3-6,8-9H,14H2,1-2H3,(H,10,11);4,6-8H,12H2,1-3H3;2-6H,1H3;5H,1-4H3/b6-5-;;;;/t7-,8-,10-,11+;5-,6-,8-,9?;4-,6-,7-,8+;;/m000../s1. The number of aryl methyl sites for hydroxylation is 1. The lowest BCUT2D eigenvalue weighted by Crippen LogP contribution is -2.32. The van der Waals surface area contributed by atoms with Crippen LogP contribution in [0.25, 0.3) is 0 Å². The van der Waals surface area contributed by atoms with Gasteiger partial charge >= 0.3 is 0 Å². The maximum Gasteiger partial charge on any atom is 0.217 e. The number of benzene rings is 1. The smallest absolute Gasteiger partial charge is 0.217 e. The number of rotatable bonds is 11. The Balaban J connectivity index is 0.000000367. The monoisotopic (exact) mass is 860 g/mol. The average molecular weight is 861 g/mol. The SMILES string of the molecule is CC(=O)[C@H]1O[C@@H](C)[C@H](C)[C@@H]1OP.COC(OC)N(C)C.C[C@@H]1[C@H](OP)[C@@H](C(=O)/C=C\N(C)C)O[C@H]1C.C[C@H]1[C@H](C)OC(c2ccn[nH]2)[C@H]1OP.Cc1ccccc1. The molecule has 1 aromatic heterocycles. The van der Waals surface area contributed by atoms with Gasteiger partial charge < -0.3 is 42.2 Å². The number of nitrogens with zero attached hydrogens (tertiary/aromatic N) is 3. The van der Waals surface area contributed by atoms with E-state index in [0.717, 1.165) is 5.69 Å². The molecule has 0 bridgehead atoms. The molecule has 14 nitrogen and oxygen atoms in total. The highest BCUT2D eigenvalue weighted by atomic mass is 31.0. The van der Waals surface area contributed by atoms with Crippen LogP contribution >= 0.6 is 28.4 Å². The van der Waals surface area contributed by atoms with Gasteiger partial charge in [-0.3, -0.25) is 19.6 Å². The van der Waals surface area contributed by atoms with Crippen molar-refractivity contribution in [1.29, 1.82) is 0 Å². The van der Waals surface area contributed by atoms with Crippen LogP contribution in [0, 0.1) is 24.7 Å². The molecule has 0 aliphatic carbocycles. The number of aromatic amines is 1. The quantitative estimate of drug-likeness (QED) is 0.156. The zero-order valence-electron chi connectivity index (χ0n) is 36.4. The number of nitrogens with one attached hydrogen (secondary N) is 1. The van der Waals surface area contributed by atoms with Gasteiger partial charge in [-0.2, -0.15) is 5.10 Å². The summed E-state index contributed by atoms with van der Waals surface area (Å²) in [5, 5.41) is 6.84. The van der Waals surface area contributed by atoms with Crippen molar-refractivity contribution in [2.45, 2.75) is 117 Å². The molecule has 3 saturated heterocycles. The molecular weight excluding hydrogens is 789 g/mol. The number of aromatic nitrogens is 2. The largest absolute Gasteiger partial charge is 0.383 e. The van der Waals surface area contributed by atoms with Crippen molar-refractivity contribution in [1.82, 2.24) is 20.0 Å². The van der Waals surface area contributed by atoms with E-state index in [1.54, 1.807) is 26.6 Å². The molecule has 5 rings (SSSR count). The lowest BCUT2D eigenvalue weighted by Gasteiger charge is -2.19. The second-order valence-electron chi connectivity index (χ2n) is 14.9. The van der Waals surface area contributed by atoms with Crippen LogP contribution in [-0.4, -0.2) is 129 Å². The van der Waals surface area contributed by atoms with Crippen LogP contribution in [0.15, 0.2) is 54.9 Å². The first-order valence-electron chi connectivity index (χ1n) is 19.0. The summed E-state index contributed by atoms with van der Waals surface area (Å²) in [5.41, 5.74) is 2.30. The number of hydrogen-bond acceptors (Lipinski definition) is 13. The van der Waals surface area contributed by atoms with E-state index in [4.69, 9.17) is 37.3 Å². The molecule has 0 radical (unpaired) electrons. The highest BCUT2D eigenvalue weighted by molar-refractivity contribution is 7.10. The fourth-order valence-corrected chi connectivity index (χ4v) is 7.29. The zero-order valence-corrected chi connectivity index (χ0v) is 39.8. The number of Topliss-reactive ketones (excluding diaryl/α,β-unsaturated/α-hetero) is 1. The van der Waals surface area contributed by atoms with Gasteiger partial charge in [0.2, 0.25) is 6.41 Å². The second kappa shape index (κ2) is 27.9. The summed E-state index contributed by atoms with van der Waals surface area (Å²) >= 11 is 0. The third-order valence-electron chi connectivity index (χ3n) is 10.0. The molecule has 326 valence electrons. The third-order valence-corrected chi connectivity index (χ3v) is 11.0. The number of carbonyl (C=O) groups is 2. The zero-order chi connectivity index (χ0) is 43.4. The van der Waals surface area contributed by atoms with Gasteiger partial charge in [0.15, 0.2) is 11.6 Å². The Morgan fingerprint density at radius 1 is 0.754 bits per heavy atom. The Morgan fingerprint density at radius 2 is 1.23 bits per heavy atom. The van der Waals surface area contributed by atoms with Crippen molar-refractivity contribution in [3.05, 3.63) is 66.1 Å². The summed E-state index contributed by atoms with van der Waals surface area (Å²) in [6.45, 7) is 15.8. The lowest BCUT2D eigenvalue weighted by atomic mass is 9.97. The molecule has 1 N–H and O–H groups in total. The molecule has 57 heavy (non-hydrogen) atoms. The molecule has 1 aromatic carbocycles. The summed E-state index contributed by atoms with van der Waals surface area (Å²) < 4.78 is 42.4. The molecule has 3 aliphatic heterocycles. The minimum absolute atomic E-state index is 0.0278. The number of hydrogen-bond donors (Lipinski definition) is 1. The number of methoxy groups -OCH3 is 2. The Hall–Kier alpha value is -1.76. The molecule has 4 unspecified atom stereocenters. The number of ether oxygens (including phenoxy) is 5. The van der Waals surface area contributed by atoms with E-state index < -0.39 is 6.10 Å². The van der Waals surface area contributed by atoms with Crippen LogP contribution in [0.4, 0.5) is 0 Å². The van der Waals surface area contributed by atoms with Crippen LogP contribution in [0.3, 0.4) is 0 Å². The molecule has 4 heterocycles. The summed E-state index contributed by atoms with van der Waals surface area (Å²) in [7, 11) is 17.5. The minimum Gasteiger partial charge on any atom is -0.383 e. The van der Waals surface area contributed by atoms with Crippen molar-refractivity contribution < 1.29 is 46.8 Å². The number of carbonyl (C=O) groups excluding carboxylic acids is 2. The topological polar surface area (TPSA) is 143 Å². The number of H-pyrrole nitrogens is 1. The fourth-order valence-electron chi connectivity index (χ4n) is 6.11. The maximum absolute atomic E-state index is 11.9. The van der Waals surface area contributed by atoms with Gasteiger partial charge in [0.05, 0.1) is 42.3 Å². The molecule has 15 atom stereocenters. The normalized spacial score (nSPS) is 30.4. The highest BCUT2D eigenvalue weighted by Gasteiger charge is 2.44. The Kier molecular flexibility index (Phi) is 26.1. The molecule has 3 aliphatic rings. The van der Waals surface area contributed by atoms with Crippen molar-refractivity contribution in [3.8, 4) is 0 Å². The molecule has 2 aromatic rings. The van der Waals surface area contributed by atoms with E-state index in [9.17, 15) is 9.59 Å². The predicted molar refractivity (Wildman–Crippen MR) is 233 cm³/mol. The van der Waals surface area contributed by atoms with E-state index >= 15 is 0 Å². The lowest BCUT2D eigenvalue weighted by molar-refractivity contribution is -0.179. The Morgan fingerprint density at radius 3 is 1.58 bits per heavy atom. The first-order chi connectivity index (χ1) is 26.9. The van der Waals surface area contributed by atoms with Crippen molar-refractivity contribution in [2.24, 2.45) is 17.8 Å². The summed E-state index contributed by atoms with van der Waals surface area (Å²) in [6, 6.07) is 12.2. The van der Waals surface area contributed by atoms with E-state index in [1.807, 2.05) is 90.0 Å². The molecular formula is C40H71N4O10P3. The van der Waals surface area contributed by atoms with Gasteiger partial charge in [0.1, 0.15) is 18.3 Å². The van der Waals surface area contributed by atoms with Gasteiger partial charge in [-0.1, -0.05) is 56.7 Å². The first-order valence-corrected chi connectivity index (χ1v) is 20.5. The Labute approximate surface area is 349 Å². The molecule has 17 heteroatoms.